The summed E-state index contributed by atoms with van der Waals surface area (Å²) in [5.74, 6) is 0.727. The molecule has 2 heterocycles. The lowest BCUT2D eigenvalue weighted by atomic mass is 10.4. The Morgan fingerprint density at radius 3 is 2.83 bits per heavy atom. The van der Waals surface area contributed by atoms with Crippen LogP contribution in [0, 0.1) is 0 Å². The number of rotatable bonds is 5. The quantitative estimate of drug-likeness (QED) is 0.802. The van der Waals surface area contributed by atoms with Gasteiger partial charge in [0.15, 0.2) is 0 Å². The lowest BCUT2D eigenvalue weighted by Gasteiger charge is -2.05. The largest absolute Gasteiger partial charge is 0.349 e. The van der Waals surface area contributed by atoms with Crippen LogP contribution in [0.25, 0.3) is 0 Å². The predicted molar refractivity (Wildman–Crippen MR) is 66.7 cm³/mol. The molecule has 0 aliphatic carbocycles. The van der Waals surface area contributed by atoms with Crippen molar-refractivity contribution in [2.24, 2.45) is 0 Å². The summed E-state index contributed by atoms with van der Waals surface area (Å²) in [5.41, 5.74) is 0. The van der Waals surface area contributed by atoms with Gasteiger partial charge in [-0.05, 0) is 12.1 Å². The molecule has 0 saturated heterocycles. The summed E-state index contributed by atoms with van der Waals surface area (Å²) < 4.78 is 26.2. The second kappa shape index (κ2) is 5.47. The number of aromatic amines is 1. The van der Waals surface area contributed by atoms with Crippen molar-refractivity contribution in [3.63, 3.8) is 0 Å². The molecule has 18 heavy (non-hydrogen) atoms. The van der Waals surface area contributed by atoms with Crippen LogP contribution in [0.15, 0.2) is 35.6 Å². The van der Waals surface area contributed by atoms with Crippen molar-refractivity contribution in [2.75, 3.05) is 6.54 Å². The minimum atomic E-state index is -3.55. The van der Waals surface area contributed by atoms with Crippen molar-refractivity contribution in [3.05, 3.63) is 41.7 Å². The number of hydrogen-bond donors (Lipinski definition) is 2. The van der Waals surface area contributed by atoms with E-state index in [0.717, 1.165) is 5.82 Å². The monoisotopic (exact) mass is 286 g/mol. The highest BCUT2D eigenvalue weighted by atomic mass is 35.5. The van der Waals surface area contributed by atoms with Gasteiger partial charge in [0.25, 0.3) is 0 Å². The first kappa shape index (κ1) is 13.0. The average molecular weight is 287 g/mol. The fraction of sp³-hybridized carbons (Fsp3) is 0.200. The van der Waals surface area contributed by atoms with Gasteiger partial charge in [0, 0.05) is 31.6 Å². The van der Waals surface area contributed by atoms with Gasteiger partial charge in [-0.3, -0.25) is 0 Å². The molecule has 0 aliphatic heterocycles. The Kier molecular flexibility index (Phi) is 3.95. The van der Waals surface area contributed by atoms with Gasteiger partial charge in [-0.15, -0.1) is 0 Å². The van der Waals surface area contributed by atoms with Crippen molar-refractivity contribution in [1.82, 2.24) is 19.7 Å². The summed E-state index contributed by atoms with van der Waals surface area (Å²) in [4.78, 5) is 10.7. The molecule has 8 heteroatoms. The van der Waals surface area contributed by atoms with Crippen molar-refractivity contribution in [2.45, 2.75) is 11.3 Å². The van der Waals surface area contributed by atoms with E-state index in [1.807, 2.05) is 0 Å². The third-order valence-electron chi connectivity index (χ3n) is 2.22. The van der Waals surface area contributed by atoms with Crippen LogP contribution in [0.2, 0.25) is 5.15 Å². The lowest BCUT2D eigenvalue weighted by molar-refractivity contribution is 0.581. The van der Waals surface area contributed by atoms with E-state index in [0.29, 0.717) is 6.42 Å². The van der Waals surface area contributed by atoms with Crippen molar-refractivity contribution < 1.29 is 8.42 Å². The smallest absolute Gasteiger partial charge is 0.240 e. The Morgan fingerprint density at radius 2 is 2.17 bits per heavy atom. The molecule has 0 fully saturated rings. The number of hydrogen-bond acceptors (Lipinski definition) is 4. The van der Waals surface area contributed by atoms with E-state index >= 15 is 0 Å². The number of sulfonamides is 1. The van der Waals surface area contributed by atoms with Gasteiger partial charge in [-0.1, -0.05) is 11.6 Å². The van der Waals surface area contributed by atoms with Crippen LogP contribution < -0.4 is 4.72 Å². The molecule has 0 atom stereocenters. The maximum atomic E-state index is 11.9. The highest BCUT2D eigenvalue weighted by Crippen LogP contribution is 2.12. The Labute approximate surface area is 109 Å². The zero-order chi connectivity index (χ0) is 13.0. The Bertz CT molecular complexity index is 613. The zero-order valence-electron chi connectivity index (χ0n) is 9.30. The summed E-state index contributed by atoms with van der Waals surface area (Å²) in [5, 5.41) is 0.143. The molecule has 0 bridgehead atoms. The number of imidazole rings is 1. The average Bonchev–Trinajstić information content (AvgIpc) is 2.82. The second-order valence-electron chi connectivity index (χ2n) is 3.50. The molecule has 0 spiro atoms. The highest BCUT2D eigenvalue weighted by molar-refractivity contribution is 7.89. The van der Waals surface area contributed by atoms with E-state index in [2.05, 4.69) is 19.7 Å². The molecule has 2 aromatic rings. The molecule has 0 unspecified atom stereocenters. The molecule has 2 rings (SSSR count). The molecular formula is C10H11ClN4O2S. The molecule has 0 aliphatic rings. The Hall–Kier alpha value is -1.44. The molecule has 2 N–H and O–H groups in total. The van der Waals surface area contributed by atoms with Crippen molar-refractivity contribution in [1.29, 1.82) is 0 Å². The summed E-state index contributed by atoms with van der Waals surface area (Å²) in [6.45, 7) is 0.260. The maximum absolute atomic E-state index is 11.9. The Balaban J connectivity index is 1.99. The molecule has 0 amide bonds. The number of H-pyrrole nitrogens is 1. The van der Waals surface area contributed by atoms with Crippen LogP contribution >= 0.6 is 11.6 Å². The zero-order valence-corrected chi connectivity index (χ0v) is 10.9. The molecule has 0 aromatic carbocycles. The summed E-state index contributed by atoms with van der Waals surface area (Å²) in [6, 6.07) is 2.69. The summed E-state index contributed by atoms with van der Waals surface area (Å²) >= 11 is 5.65. The standard InChI is InChI=1S/C10H11ClN4O2S/c11-9-7-8(1-3-12-9)18(16,17)15-4-2-10-13-5-6-14-10/h1,3,5-7,15H,2,4H2,(H,13,14). The van der Waals surface area contributed by atoms with E-state index in [-0.39, 0.29) is 16.6 Å². The van der Waals surface area contributed by atoms with Gasteiger partial charge in [-0.2, -0.15) is 0 Å². The summed E-state index contributed by atoms with van der Waals surface area (Å²) in [6.07, 6.45) is 5.15. The van der Waals surface area contributed by atoms with Gasteiger partial charge in [-0.25, -0.2) is 23.1 Å². The van der Waals surface area contributed by atoms with Gasteiger partial charge >= 0.3 is 0 Å². The maximum Gasteiger partial charge on any atom is 0.240 e. The topological polar surface area (TPSA) is 87.7 Å². The molecule has 0 saturated carbocycles. The molecule has 6 nitrogen and oxygen atoms in total. The number of aromatic nitrogens is 3. The van der Waals surface area contributed by atoms with Gasteiger partial charge in [0.05, 0.1) is 4.90 Å². The molecule has 96 valence electrons. The van der Waals surface area contributed by atoms with Crippen LogP contribution in [0.4, 0.5) is 0 Å². The molecule has 0 radical (unpaired) electrons. The van der Waals surface area contributed by atoms with Crippen LogP contribution in [-0.4, -0.2) is 29.9 Å². The highest BCUT2D eigenvalue weighted by Gasteiger charge is 2.13. The van der Waals surface area contributed by atoms with Crippen LogP contribution in [0.5, 0.6) is 0 Å². The Morgan fingerprint density at radius 1 is 1.33 bits per heavy atom. The lowest BCUT2D eigenvalue weighted by Crippen LogP contribution is -2.26. The predicted octanol–water partition coefficient (Wildman–Crippen LogP) is 0.979. The fourth-order valence-corrected chi connectivity index (χ4v) is 2.66. The number of nitrogens with one attached hydrogen (secondary N) is 2. The second-order valence-corrected chi connectivity index (χ2v) is 5.65. The number of halogens is 1. The molecule has 2 aromatic heterocycles. The minimum Gasteiger partial charge on any atom is -0.349 e. The van der Waals surface area contributed by atoms with E-state index in [1.54, 1.807) is 12.4 Å². The van der Waals surface area contributed by atoms with Gasteiger partial charge in [0.2, 0.25) is 10.0 Å². The van der Waals surface area contributed by atoms with Crippen molar-refractivity contribution in [3.8, 4) is 0 Å². The van der Waals surface area contributed by atoms with Gasteiger partial charge in [0.1, 0.15) is 11.0 Å². The summed E-state index contributed by atoms with van der Waals surface area (Å²) in [7, 11) is -3.55. The fourth-order valence-electron chi connectivity index (χ4n) is 1.37. The number of pyridine rings is 1. The van der Waals surface area contributed by atoms with Gasteiger partial charge < -0.3 is 4.98 Å². The first-order chi connectivity index (χ1) is 8.58. The normalized spacial score (nSPS) is 11.6. The SMILES string of the molecule is O=S(=O)(NCCc1ncc[nH]1)c1ccnc(Cl)c1. The van der Waals surface area contributed by atoms with E-state index in [9.17, 15) is 8.42 Å². The third kappa shape index (κ3) is 3.28. The van der Waals surface area contributed by atoms with Crippen molar-refractivity contribution >= 4 is 21.6 Å². The first-order valence-corrected chi connectivity index (χ1v) is 7.03. The first-order valence-electron chi connectivity index (χ1n) is 5.17. The molecular weight excluding hydrogens is 276 g/mol. The number of nitrogens with zero attached hydrogens (tertiary/aromatic N) is 2. The van der Waals surface area contributed by atoms with Crippen LogP contribution in [0.3, 0.4) is 0 Å². The van der Waals surface area contributed by atoms with Crippen LogP contribution in [-0.2, 0) is 16.4 Å². The van der Waals surface area contributed by atoms with E-state index in [1.165, 1.54) is 18.3 Å². The third-order valence-corrected chi connectivity index (χ3v) is 3.88. The van der Waals surface area contributed by atoms with E-state index in [4.69, 9.17) is 11.6 Å². The van der Waals surface area contributed by atoms with Crippen LogP contribution in [0.1, 0.15) is 5.82 Å². The minimum absolute atomic E-state index is 0.0990. The van der Waals surface area contributed by atoms with E-state index < -0.39 is 10.0 Å².